The number of sulfonamides is 1. The molecule has 0 unspecified atom stereocenters. The maximum absolute atomic E-state index is 12.9. The number of carbonyl (C=O) groups is 1. The lowest BCUT2D eigenvalue weighted by atomic mass is 9.97. The van der Waals surface area contributed by atoms with Crippen molar-refractivity contribution in [3.05, 3.63) is 29.3 Å². The molecule has 3 rings (SSSR count). The van der Waals surface area contributed by atoms with Crippen LogP contribution in [-0.4, -0.2) is 44.8 Å². The monoisotopic (exact) mass is 401 g/mol. The third-order valence-corrected chi connectivity index (χ3v) is 7.11. The summed E-state index contributed by atoms with van der Waals surface area (Å²) in [5.74, 6) is -0.0905. The lowest BCUT2D eigenvalue weighted by Gasteiger charge is -2.30. The molecule has 3 N–H and O–H groups in total. The van der Waals surface area contributed by atoms with Crippen LogP contribution < -0.4 is 11.1 Å². The molecule has 0 bridgehead atoms. The van der Waals surface area contributed by atoms with Crippen molar-refractivity contribution >= 4 is 28.3 Å². The van der Waals surface area contributed by atoms with Crippen LogP contribution in [0.2, 0.25) is 0 Å². The molecule has 0 atom stereocenters. The highest BCUT2D eigenvalue weighted by atomic mass is 35.5. The molecule has 1 aliphatic heterocycles. The average Bonchev–Trinajstić information content (AvgIpc) is 3.09. The summed E-state index contributed by atoms with van der Waals surface area (Å²) in [6.07, 6.45) is 5.00. The summed E-state index contributed by atoms with van der Waals surface area (Å²) in [4.78, 5) is 12.5. The quantitative estimate of drug-likeness (QED) is 0.706. The number of piperidine rings is 1. The van der Waals surface area contributed by atoms with Crippen molar-refractivity contribution < 1.29 is 13.2 Å². The van der Waals surface area contributed by atoms with Crippen LogP contribution in [0.4, 0.5) is 0 Å². The molecule has 8 heteroatoms. The van der Waals surface area contributed by atoms with Gasteiger partial charge in [0.05, 0.1) is 4.90 Å². The van der Waals surface area contributed by atoms with Gasteiger partial charge < -0.3 is 11.1 Å². The Kier molecular flexibility index (Phi) is 7.46. The number of carbonyl (C=O) groups excluding carboxylic acids is 1. The first-order valence-corrected chi connectivity index (χ1v) is 10.6. The van der Waals surface area contributed by atoms with E-state index in [1.807, 2.05) is 12.1 Å². The number of hydrogen-bond donors (Lipinski definition) is 2. The van der Waals surface area contributed by atoms with Crippen LogP contribution in [0.15, 0.2) is 23.1 Å². The van der Waals surface area contributed by atoms with Gasteiger partial charge >= 0.3 is 0 Å². The maximum atomic E-state index is 12.9. The summed E-state index contributed by atoms with van der Waals surface area (Å²) in [6, 6.07) is 5.52. The number of aryl methyl sites for hydroxylation is 2. The Morgan fingerprint density at radius 1 is 1.19 bits per heavy atom. The smallest absolute Gasteiger partial charge is 0.243 e. The van der Waals surface area contributed by atoms with Crippen LogP contribution in [-0.2, 0) is 27.7 Å². The molecule has 1 saturated heterocycles. The van der Waals surface area contributed by atoms with Gasteiger partial charge in [0.2, 0.25) is 15.9 Å². The Morgan fingerprint density at radius 2 is 1.88 bits per heavy atom. The van der Waals surface area contributed by atoms with Crippen molar-refractivity contribution in [2.75, 3.05) is 26.2 Å². The molecule has 0 radical (unpaired) electrons. The fourth-order valence-electron chi connectivity index (χ4n) is 3.67. The zero-order chi connectivity index (χ0) is 17.9. The second-order valence-electron chi connectivity index (χ2n) is 6.90. The van der Waals surface area contributed by atoms with E-state index < -0.39 is 10.0 Å². The minimum atomic E-state index is -3.47. The van der Waals surface area contributed by atoms with Crippen LogP contribution in [0.25, 0.3) is 0 Å². The standard InChI is InChI=1S/C18H27N3O3S.ClH/c19-9-2-10-20-18(22)15-7-11-21(12-8-15)25(23,24)17-6-5-14-3-1-4-16(14)13-17;/h5-6,13,15H,1-4,7-12,19H2,(H,20,22);1H. The summed E-state index contributed by atoms with van der Waals surface area (Å²) >= 11 is 0. The Morgan fingerprint density at radius 3 is 2.58 bits per heavy atom. The summed E-state index contributed by atoms with van der Waals surface area (Å²) < 4.78 is 27.3. The van der Waals surface area contributed by atoms with E-state index in [4.69, 9.17) is 5.73 Å². The second kappa shape index (κ2) is 9.17. The van der Waals surface area contributed by atoms with E-state index in [9.17, 15) is 13.2 Å². The first kappa shape index (κ1) is 21.2. The first-order valence-electron chi connectivity index (χ1n) is 9.12. The van der Waals surface area contributed by atoms with Crippen molar-refractivity contribution in [1.82, 2.24) is 9.62 Å². The predicted molar refractivity (Wildman–Crippen MR) is 104 cm³/mol. The van der Waals surface area contributed by atoms with Crippen LogP contribution >= 0.6 is 12.4 Å². The van der Waals surface area contributed by atoms with Crippen molar-refractivity contribution in [2.24, 2.45) is 11.7 Å². The van der Waals surface area contributed by atoms with Crippen LogP contribution in [0, 0.1) is 5.92 Å². The van der Waals surface area contributed by atoms with E-state index in [0.29, 0.717) is 43.9 Å². The highest BCUT2D eigenvalue weighted by molar-refractivity contribution is 7.89. The van der Waals surface area contributed by atoms with E-state index in [1.54, 1.807) is 6.07 Å². The van der Waals surface area contributed by atoms with E-state index in [2.05, 4.69) is 5.32 Å². The maximum Gasteiger partial charge on any atom is 0.243 e. The SMILES string of the molecule is Cl.NCCCNC(=O)C1CCN(S(=O)(=O)c2ccc3c(c2)CCC3)CC1. The number of nitrogens with zero attached hydrogens (tertiary/aromatic N) is 1. The minimum Gasteiger partial charge on any atom is -0.356 e. The van der Waals surface area contributed by atoms with Crippen molar-refractivity contribution in [3.63, 3.8) is 0 Å². The first-order chi connectivity index (χ1) is 12.0. The van der Waals surface area contributed by atoms with Crippen LogP contribution in [0.5, 0.6) is 0 Å². The Hall–Kier alpha value is -1.15. The van der Waals surface area contributed by atoms with Gasteiger partial charge in [-0.2, -0.15) is 4.31 Å². The molecule has 2 aliphatic rings. The topological polar surface area (TPSA) is 92.5 Å². The van der Waals surface area contributed by atoms with Crippen LogP contribution in [0.3, 0.4) is 0 Å². The van der Waals surface area contributed by atoms with Gasteiger partial charge in [-0.1, -0.05) is 6.07 Å². The van der Waals surface area contributed by atoms with Gasteiger partial charge in [0.1, 0.15) is 0 Å². The van der Waals surface area contributed by atoms with Gasteiger partial charge in [-0.15, -0.1) is 12.4 Å². The Balaban J connectivity index is 0.00000243. The number of amides is 1. The minimum absolute atomic E-state index is 0. The van der Waals surface area contributed by atoms with E-state index in [-0.39, 0.29) is 24.2 Å². The molecule has 1 heterocycles. The zero-order valence-electron chi connectivity index (χ0n) is 14.9. The van der Waals surface area contributed by atoms with Gasteiger partial charge in [-0.25, -0.2) is 8.42 Å². The molecule has 1 fully saturated rings. The molecule has 6 nitrogen and oxygen atoms in total. The van der Waals surface area contributed by atoms with Crippen molar-refractivity contribution in [1.29, 1.82) is 0 Å². The fourth-order valence-corrected chi connectivity index (χ4v) is 5.19. The number of rotatable bonds is 6. The number of halogens is 1. The average molecular weight is 402 g/mol. The lowest BCUT2D eigenvalue weighted by molar-refractivity contribution is -0.126. The lowest BCUT2D eigenvalue weighted by Crippen LogP contribution is -2.43. The molecule has 146 valence electrons. The van der Waals surface area contributed by atoms with E-state index in [1.165, 1.54) is 9.87 Å². The van der Waals surface area contributed by atoms with Gasteiger partial charge in [-0.05, 0) is 68.3 Å². The molecule has 26 heavy (non-hydrogen) atoms. The summed E-state index contributed by atoms with van der Waals surface area (Å²) in [5.41, 5.74) is 7.86. The molecular formula is C18H28ClN3O3S. The number of benzene rings is 1. The van der Waals surface area contributed by atoms with Crippen LogP contribution in [0.1, 0.15) is 36.8 Å². The van der Waals surface area contributed by atoms with Gasteiger partial charge in [-0.3, -0.25) is 4.79 Å². The molecule has 1 aromatic rings. The summed E-state index contributed by atoms with van der Waals surface area (Å²) in [6.45, 7) is 1.93. The summed E-state index contributed by atoms with van der Waals surface area (Å²) in [7, 11) is -3.47. The van der Waals surface area contributed by atoms with E-state index in [0.717, 1.165) is 31.2 Å². The predicted octanol–water partition coefficient (Wildman–Crippen LogP) is 1.46. The van der Waals surface area contributed by atoms with E-state index >= 15 is 0 Å². The van der Waals surface area contributed by atoms with Gasteiger partial charge in [0.15, 0.2) is 0 Å². The molecular weight excluding hydrogens is 374 g/mol. The number of fused-ring (bicyclic) bond motifs is 1. The molecule has 1 aromatic carbocycles. The van der Waals surface area contributed by atoms with Gasteiger partial charge in [0, 0.05) is 25.6 Å². The highest BCUT2D eigenvalue weighted by Crippen LogP contribution is 2.28. The normalized spacial score (nSPS) is 18.2. The Labute approximate surface area is 162 Å². The Bertz CT molecular complexity index is 731. The molecule has 0 spiro atoms. The van der Waals surface area contributed by atoms with Crippen molar-refractivity contribution in [3.8, 4) is 0 Å². The third kappa shape index (κ3) is 4.57. The molecule has 1 aliphatic carbocycles. The second-order valence-corrected chi connectivity index (χ2v) is 8.83. The highest BCUT2D eigenvalue weighted by Gasteiger charge is 2.32. The zero-order valence-corrected chi connectivity index (χ0v) is 16.6. The number of hydrogen-bond acceptors (Lipinski definition) is 4. The summed E-state index contributed by atoms with van der Waals surface area (Å²) in [5, 5.41) is 2.88. The molecule has 0 aromatic heterocycles. The van der Waals surface area contributed by atoms with Gasteiger partial charge in [0.25, 0.3) is 0 Å². The fraction of sp³-hybridized carbons (Fsp3) is 0.611. The molecule has 1 amide bonds. The van der Waals surface area contributed by atoms with Crippen molar-refractivity contribution in [2.45, 2.75) is 43.4 Å². The molecule has 0 saturated carbocycles. The number of nitrogens with two attached hydrogens (primary N) is 1. The number of nitrogens with one attached hydrogen (secondary N) is 1. The largest absolute Gasteiger partial charge is 0.356 e. The third-order valence-electron chi connectivity index (χ3n) is 5.21.